The lowest BCUT2D eigenvalue weighted by atomic mass is 10.1. The van der Waals surface area contributed by atoms with Crippen LogP contribution < -0.4 is 15.4 Å². The quantitative estimate of drug-likeness (QED) is 0.755. The number of aromatic nitrogens is 1. The van der Waals surface area contributed by atoms with E-state index in [0.717, 1.165) is 21.8 Å². The van der Waals surface area contributed by atoms with E-state index >= 15 is 0 Å². The molecular formula is C19H20N4O4. The Kier molecular flexibility index (Phi) is 5.35. The Morgan fingerprint density at radius 2 is 1.96 bits per heavy atom. The first kappa shape index (κ1) is 18.4. The minimum absolute atomic E-state index is 0.0809. The molecule has 140 valence electrons. The third kappa shape index (κ3) is 4.22. The van der Waals surface area contributed by atoms with E-state index in [1.54, 1.807) is 18.3 Å². The van der Waals surface area contributed by atoms with E-state index in [-0.39, 0.29) is 19.6 Å². The number of carbonyl (C=O) groups is 3. The maximum Gasteiger partial charge on any atom is 0.325 e. The number of benzene rings is 1. The molecule has 1 aliphatic heterocycles. The number of amides is 4. The van der Waals surface area contributed by atoms with Crippen molar-refractivity contribution in [1.82, 2.24) is 20.5 Å². The minimum Gasteiger partial charge on any atom is -0.438 e. The second kappa shape index (κ2) is 7.86. The van der Waals surface area contributed by atoms with Crippen molar-refractivity contribution < 1.29 is 19.1 Å². The van der Waals surface area contributed by atoms with Crippen molar-refractivity contribution >= 4 is 17.8 Å². The molecule has 4 amide bonds. The number of nitrogens with zero attached hydrogens (tertiary/aromatic N) is 2. The Morgan fingerprint density at radius 1 is 1.22 bits per heavy atom. The molecule has 1 aliphatic rings. The number of urea groups is 1. The molecule has 2 aromatic rings. The molecule has 1 aromatic carbocycles. The van der Waals surface area contributed by atoms with Crippen LogP contribution in [0, 0.1) is 13.8 Å². The number of nitrogens with one attached hydrogen (secondary N) is 2. The van der Waals surface area contributed by atoms with Crippen LogP contribution in [0.25, 0.3) is 0 Å². The lowest BCUT2D eigenvalue weighted by Gasteiger charge is -2.15. The third-order valence-corrected chi connectivity index (χ3v) is 4.17. The van der Waals surface area contributed by atoms with Gasteiger partial charge in [0.15, 0.2) is 0 Å². The minimum atomic E-state index is -0.560. The van der Waals surface area contributed by atoms with Crippen LogP contribution in [-0.4, -0.2) is 40.8 Å². The van der Waals surface area contributed by atoms with Crippen LogP contribution in [0.2, 0.25) is 0 Å². The number of hydrogen-bond donors (Lipinski definition) is 2. The lowest BCUT2D eigenvalue weighted by molar-refractivity contribution is -0.130. The Hall–Kier alpha value is -3.42. The molecule has 8 heteroatoms. The smallest absolute Gasteiger partial charge is 0.325 e. The zero-order valence-electron chi connectivity index (χ0n) is 15.1. The Morgan fingerprint density at radius 3 is 2.63 bits per heavy atom. The van der Waals surface area contributed by atoms with Crippen LogP contribution in [0.4, 0.5) is 4.79 Å². The van der Waals surface area contributed by atoms with Crippen molar-refractivity contribution in [2.24, 2.45) is 0 Å². The van der Waals surface area contributed by atoms with Crippen molar-refractivity contribution in [3.8, 4) is 11.6 Å². The molecule has 1 saturated heterocycles. The molecular weight excluding hydrogens is 348 g/mol. The third-order valence-electron chi connectivity index (χ3n) is 4.17. The highest BCUT2D eigenvalue weighted by Crippen LogP contribution is 2.29. The molecule has 0 bridgehead atoms. The number of rotatable bonds is 6. The first-order chi connectivity index (χ1) is 13.0. The van der Waals surface area contributed by atoms with Gasteiger partial charge in [-0.15, -0.1) is 0 Å². The highest BCUT2D eigenvalue weighted by atomic mass is 16.5. The molecule has 0 spiro atoms. The van der Waals surface area contributed by atoms with Gasteiger partial charge in [0.1, 0.15) is 12.3 Å². The molecule has 0 unspecified atom stereocenters. The van der Waals surface area contributed by atoms with Gasteiger partial charge in [-0.05, 0) is 31.0 Å². The normalized spacial score (nSPS) is 13.5. The average Bonchev–Trinajstić information content (AvgIpc) is 2.96. The molecule has 0 saturated carbocycles. The first-order valence-electron chi connectivity index (χ1n) is 8.48. The predicted octanol–water partition coefficient (Wildman–Crippen LogP) is 1.66. The average molecular weight is 368 g/mol. The molecule has 0 radical (unpaired) electrons. The fraction of sp³-hybridized carbons (Fsp3) is 0.263. The SMILES string of the molecule is Cc1cccc(C)c1Oc1ncccc1CNC(=O)CN1C(=O)CNC1=O. The van der Waals surface area contributed by atoms with Gasteiger partial charge >= 0.3 is 6.03 Å². The van der Waals surface area contributed by atoms with E-state index in [1.165, 1.54) is 0 Å². The first-order valence-corrected chi connectivity index (χ1v) is 8.48. The van der Waals surface area contributed by atoms with Crippen LogP contribution in [0.5, 0.6) is 11.6 Å². The monoisotopic (exact) mass is 368 g/mol. The summed E-state index contributed by atoms with van der Waals surface area (Å²) < 4.78 is 5.98. The second-order valence-electron chi connectivity index (χ2n) is 6.21. The number of ether oxygens (including phenoxy) is 1. The summed E-state index contributed by atoms with van der Waals surface area (Å²) in [7, 11) is 0. The molecule has 27 heavy (non-hydrogen) atoms. The van der Waals surface area contributed by atoms with Gasteiger partial charge in [-0.2, -0.15) is 0 Å². The van der Waals surface area contributed by atoms with Crippen molar-refractivity contribution in [1.29, 1.82) is 0 Å². The zero-order chi connectivity index (χ0) is 19.4. The summed E-state index contributed by atoms with van der Waals surface area (Å²) in [6.45, 7) is 3.66. The summed E-state index contributed by atoms with van der Waals surface area (Å²) in [5, 5.41) is 5.06. The Labute approximate surface area is 156 Å². The van der Waals surface area contributed by atoms with Crippen molar-refractivity contribution in [3.05, 3.63) is 53.2 Å². The van der Waals surface area contributed by atoms with Crippen LogP contribution in [0.3, 0.4) is 0 Å². The van der Waals surface area contributed by atoms with Crippen LogP contribution in [0.15, 0.2) is 36.5 Å². The van der Waals surface area contributed by atoms with Crippen molar-refractivity contribution in [2.45, 2.75) is 20.4 Å². The molecule has 3 rings (SSSR count). The molecule has 2 N–H and O–H groups in total. The summed E-state index contributed by atoms with van der Waals surface area (Å²) in [5.74, 6) is 0.256. The summed E-state index contributed by atoms with van der Waals surface area (Å²) in [6.07, 6.45) is 1.61. The van der Waals surface area contributed by atoms with Crippen LogP contribution in [0.1, 0.15) is 16.7 Å². The second-order valence-corrected chi connectivity index (χ2v) is 6.21. The molecule has 0 aliphatic carbocycles. The van der Waals surface area contributed by atoms with Crippen molar-refractivity contribution in [3.63, 3.8) is 0 Å². The molecule has 2 heterocycles. The lowest BCUT2D eigenvalue weighted by Crippen LogP contribution is -2.40. The number of pyridine rings is 1. The van der Waals surface area contributed by atoms with E-state index in [9.17, 15) is 14.4 Å². The van der Waals surface area contributed by atoms with Gasteiger partial charge in [0.25, 0.3) is 5.91 Å². The molecule has 0 atom stereocenters. The van der Waals surface area contributed by atoms with Gasteiger partial charge in [-0.3, -0.25) is 14.5 Å². The maximum atomic E-state index is 12.1. The van der Waals surface area contributed by atoms with E-state index < -0.39 is 17.8 Å². The van der Waals surface area contributed by atoms with E-state index in [2.05, 4.69) is 15.6 Å². The number of para-hydroxylation sites is 1. The summed E-state index contributed by atoms with van der Waals surface area (Å²) >= 11 is 0. The maximum absolute atomic E-state index is 12.1. The summed E-state index contributed by atoms with van der Waals surface area (Å²) in [6, 6.07) is 8.83. The molecule has 1 aromatic heterocycles. The molecule has 8 nitrogen and oxygen atoms in total. The van der Waals surface area contributed by atoms with Gasteiger partial charge < -0.3 is 15.4 Å². The fourth-order valence-corrected chi connectivity index (χ4v) is 2.72. The van der Waals surface area contributed by atoms with E-state index in [0.29, 0.717) is 11.4 Å². The summed E-state index contributed by atoms with van der Waals surface area (Å²) in [5.41, 5.74) is 2.65. The number of imide groups is 1. The number of carbonyl (C=O) groups excluding carboxylic acids is 3. The Bertz CT molecular complexity index is 861. The van der Waals surface area contributed by atoms with Gasteiger partial charge in [-0.25, -0.2) is 9.78 Å². The number of aryl methyl sites for hydroxylation is 2. The van der Waals surface area contributed by atoms with Gasteiger partial charge in [0, 0.05) is 18.3 Å². The highest BCUT2D eigenvalue weighted by Gasteiger charge is 2.30. The van der Waals surface area contributed by atoms with Crippen LogP contribution in [-0.2, 0) is 16.1 Å². The number of hydrogen-bond acceptors (Lipinski definition) is 5. The van der Waals surface area contributed by atoms with Gasteiger partial charge in [-0.1, -0.05) is 24.3 Å². The van der Waals surface area contributed by atoms with E-state index in [4.69, 9.17) is 4.74 Å². The van der Waals surface area contributed by atoms with Crippen molar-refractivity contribution in [2.75, 3.05) is 13.1 Å². The predicted molar refractivity (Wildman–Crippen MR) is 97.2 cm³/mol. The Balaban J connectivity index is 1.67. The van der Waals surface area contributed by atoms with Crippen LogP contribution >= 0.6 is 0 Å². The van der Waals surface area contributed by atoms with Gasteiger partial charge in [0.05, 0.1) is 6.54 Å². The van der Waals surface area contributed by atoms with E-state index in [1.807, 2.05) is 32.0 Å². The largest absolute Gasteiger partial charge is 0.438 e. The highest BCUT2D eigenvalue weighted by molar-refractivity contribution is 6.04. The topological polar surface area (TPSA) is 101 Å². The molecule has 1 fully saturated rings. The summed E-state index contributed by atoms with van der Waals surface area (Å²) in [4.78, 5) is 40.3. The standard InChI is InChI=1S/C19H20N4O4/c1-12-5-3-6-13(2)17(12)27-18-14(7-4-8-20-18)9-21-15(24)11-23-16(25)10-22-19(23)26/h3-8H,9-11H2,1-2H3,(H,21,24)(H,22,26). The zero-order valence-corrected chi connectivity index (χ0v) is 15.1. The van der Waals surface area contributed by atoms with Gasteiger partial charge in [0.2, 0.25) is 11.8 Å². The fourth-order valence-electron chi connectivity index (χ4n) is 2.72.